The van der Waals surface area contributed by atoms with E-state index in [0.717, 1.165) is 18.4 Å². The van der Waals surface area contributed by atoms with E-state index >= 15 is 0 Å². The molecule has 5 heteroatoms. The predicted molar refractivity (Wildman–Crippen MR) is 73.9 cm³/mol. The Morgan fingerprint density at radius 1 is 1.35 bits per heavy atom. The van der Waals surface area contributed by atoms with Gasteiger partial charge < -0.3 is 15.0 Å². The topological polar surface area (TPSA) is 74.2 Å². The van der Waals surface area contributed by atoms with Crippen LogP contribution in [-0.2, 0) is 10.3 Å². The second-order valence-corrected chi connectivity index (χ2v) is 5.54. The molecule has 2 atom stereocenters. The number of ether oxygens (including phenoxy) is 1. The summed E-state index contributed by atoms with van der Waals surface area (Å²) in [6.45, 7) is 1.95. The molecule has 1 fully saturated rings. The van der Waals surface area contributed by atoms with E-state index < -0.39 is 5.54 Å². The van der Waals surface area contributed by atoms with Gasteiger partial charge in [0.25, 0.3) is 0 Å². The Hall–Kier alpha value is -1.72. The molecule has 1 saturated carbocycles. The summed E-state index contributed by atoms with van der Waals surface area (Å²) in [7, 11) is 1.64. The summed E-state index contributed by atoms with van der Waals surface area (Å²) in [5.74, 6) is 1.45. The van der Waals surface area contributed by atoms with E-state index in [2.05, 4.69) is 10.1 Å². The molecule has 0 amide bonds. The summed E-state index contributed by atoms with van der Waals surface area (Å²) >= 11 is 0. The fourth-order valence-corrected chi connectivity index (χ4v) is 2.44. The Labute approximate surface area is 118 Å². The summed E-state index contributed by atoms with van der Waals surface area (Å²) in [6, 6.07) is 9.83. The molecule has 5 nitrogen and oxygen atoms in total. The smallest absolute Gasteiger partial charge is 0.246 e. The van der Waals surface area contributed by atoms with Gasteiger partial charge in [-0.05, 0) is 31.2 Å². The molecule has 2 unspecified atom stereocenters. The van der Waals surface area contributed by atoms with Gasteiger partial charge >= 0.3 is 0 Å². The quantitative estimate of drug-likeness (QED) is 0.905. The van der Waals surface area contributed by atoms with E-state index in [0.29, 0.717) is 17.6 Å². The molecule has 2 N–H and O–H groups in total. The van der Waals surface area contributed by atoms with E-state index in [1.54, 1.807) is 7.11 Å². The highest BCUT2D eigenvalue weighted by Crippen LogP contribution is 2.43. The van der Waals surface area contributed by atoms with E-state index in [1.807, 2.05) is 37.3 Å². The Balaban J connectivity index is 1.88. The first-order chi connectivity index (χ1) is 9.63. The molecule has 2 aromatic rings. The van der Waals surface area contributed by atoms with Gasteiger partial charge in [-0.15, -0.1) is 0 Å². The third kappa shape index (κ3) is 2.34. The van der Waals surface area contributed by atoms with Crippen LogP contribution in [0.1, 0.15) is 43.1 Å². The van der Waals surface area contributed by atoms with Crippen molar-refractivity contribution in [2.24, 2.45) is 11.7 Å². The van der Waals surface area contributed by atoms with Gasteiger partial charge in [0.1, 0.15) is 6.10 Å². The lowest BCUT2D eigenvalue weighted by Crippen LogP contribution is -2.35. The second kappa shape index (κ2) is 5.00. The molecule has 1 heterocycles. The molecule has 0 bridgehead atoms. The number of hydrogen-bond acceptors (Lipinski definition) is 5. The normalized spacial score (nSPS) is 19.6. The van der Waals surface area contributed by atoms with Crippen molar-refractivity contribution in [3.8, 4) is 0 Å². The first-order valence-corrected chi connectivity index (χ1v) is 6.83. The summed E-state index contributed by atoms with van der Waals surface area (Å²) in [5, 5.41) is 4.05. The molecule has 106 valence electrons. The molecule has 1 aromatic carbocycles. The van der Waals surface area contributed by atoms with Crippen molar-refractivity contribution in [2.45, 2.75) is 31.4 Å². The monoisotopic (exact) mass is 273 g/mol. The Morgan fingerprint density at radius 3 is 2.65 bits per heavy atom. The van der Waals surface area contributed by atoms with E-state index in [1.165, 1.54) is 0 Å². The number of nitrogens with zero attached hydrogens (tertiary/aromatic N) is 2. The van der Waals surface area contributed by atoms with Crippen molar-refractivity contribution in [3.05, 3.63) is 47.6 Å². The minimum Gasteiger partial charge on any atom is -0.369 e. The summed E-state index contributed by atoms with van der Waals surface area (Å²) in [4.78, 5) is 4.46. The number of hydrogen-bond donors (Lipinski definition) is 1. The molecule has 0 spiro atoms. The standard InChI is InChI=1S/C15H19N3O2/c1-15(16,11-8-9-11)14-17-13(18-20-14)12(19-2)10-6-4-3-5-7-10/h3-7,11-12H,8-9,16H2,1-2H3. The van der Waals surface area contributed by atoms with Gasteiger partial charge in [0.15, 0.2) is 0 Å². The molecule has 0 radical (unpaired) electrons. The van der Waals surface area contributed by atoms with Gasteiger partial charge in [-0.3, -0.25) is 0 Å². The van der Waals surface area contributed by atoms with Crippen LogP contribution in [0.5, 0.6) is 0 Å². The highest BCUT2D eigenvalue weighted by atomic mass is 16.5. The van der Waals surface area contributed by atoms with Crippen LogP contribution in [0.25, 0.3) is 0 Å². The van der Waals surface area contributed by atoms with E-state index in [4.69, 9.17) is 15.0 Å². The SMILES string of the molecule is COC(c1ccccc1)c1noc(C(C)(N)C2CC2)n1. The average molecular weight is 273 g/mol. The van der Waals surface area contributed by atoms with Crippen LogP contribution in [0.15, 0.2) is 34.9 Å². The molecule has 0 aliphatic heterocycles. The summed E-state index contributed by atoms with van der Waals surface area (Å²) in [5.41, 5.74) is 6.75. The van der Waals surface area contributed by atoms with Crippen LogP contribution in [0.4, 0.5) is 0 Å². The largest absolute Gasteiger partial charge is 0.369 e. The maximum absolute atomic E-state index is 6.30. The lowest BCUT2D eigenvalue weighted by atomic mass is 9.97. The van der Waals surface area contributed by atoms with Crippen molar-refractivity contribution in [1.82, 2.24) is 10.1 Å². The van der Waals surface area contributed by atoms with E-state index in [9.17, 15) is 0 Å². The van der Waals surface area contributed by atoms with Gasteiger partial charge in [0, 0.05) is 7.11 Å². The highest BCUT2D eigenvalue weighted by molar-refractivity contribution is 5.23. The molecule has 1 aliphatic carbocycles. The fraction of sp³-hybridized carbons (Fsp3) is 0.467. The van der Waals surface area contributed by atoms with Crippen LogP contribution < -0.4 is 5.73 Å². The molecular weight excluding hydrogens is 254 g/mol. The molecule has 20 heavy (non-hydrogen) atoms. The lowest BCUT2D eigenvalue weighted by Gasteiger charge is -2.18. The minimum absolute atomic E-state index is 0.330. The Kier molecular flexibility index (Phi) is 3.31. The number of benzene rings is 1. The molecule has 3 rings (SSSR count). The van der Waals surface area contributed by atoms with E-state index in [-0.39, 0.29) is 6.10 Å². The van der Waals surface area contributed by atoms with Crippen molar-refractivity contribution in [1.29, 1.82) is 0 Å². The summed E-state index contributed by atoms with van der Waals surface area (Å²) in [6.07, 6.45) is 1.91. The predicted octanol–water partition coefficient (Wildman–Crippen LogP) is 2.39. The van der Waals surface area contributed by atoms with Gasteiger partial charge in [-0.2, -0.15) is 4.98 Å². The molecule has 0 saturated heterocycles. The summed E-state index contributed by atoms with van der Waals surface area (Å²) < 4.78 is 10.9. The first kappa shape index (κ1) is 13.3. The Bertz CT molecular complexity index is 576. The van der Waals surface area contributed by atoms with Crippen LogP contribution in [-0.4, -0.2) is 17.3 Å². The Morgan fingerprint density at radius 2 is 2.05 bits per heavy atom. The third-order valence-electron chi connectivity index (χ3n) is 3.90. The van der Waals surface area contributed by atoms with Crippen molar-refractivity contribution >= 4 is 0 Å². The van der Waals surface area contributed by atoms with Crippen LogP contribution in [0.2, 0.25) is 0 Å². The maximum Gasteiger partial charge on any atom is 0.246 e. The molecular formula is C15H19N3O2. The third-order valence-corrected chi connectivity index (χ3v) is 3.90. The van der Waals surface area contributed by atoms with Gasteiger partial charge in [0.05, 0.1) is 5.54 Å². The maximum atomic E-state index is 6.30. The number of rotatable bonds is 5. The van der Waals surface area contributed by atoms with Gasteiger partial charge in [-0.1, -0.05) is 35.5 Å². The van der Waals surface area contributed by atoms with Crippen LogP contribution in [0.3, 0.4) is 0 Å². The lowest BCUT2D eigenvalue weighted by molar-refractivity contribution is 0.126. The zero-order valence-electron chi connectivity index (χ0n) is 11.7. The van der Waals surface area contributed by atoms with Gasteiger partial charge in [0.2, 0.25) is 11.7 Å². The average Bonchev–Trinajstić information content (AvgIpc) is 3.21. The zero-order chi connectivity index (χ0) is 14.2. The second-order valence-electron chi connectivity index (χ2n) is 5.54. The van der Waals surface area contributed by atoms with Crippen molar-refractivity contribution < 1.29 is 9.26 Å². The minimum atomic E-state index is -0.541. The molecule has 1 aliphatic rings. The van der Waals surface area contributed by atoms with Crippen LogP contribution in [0, 0.1) is 5.92 Å². The number of aromatic nitrogens is 2. The molecule has 1 aromatic heterocycles. The number of nitrogens with two attached hydrogens (primary N) is 1. The number of methoxy groups -OCH3 is 1. The van der Waals surface area contributed by atoms with Crippen molar-refractivity contribution in [3.63, 3.8) is 0 Å². The fourth-order valence-electron chi connectivity index (χ4n) is 2.44. The first-order valence-electron chi connectivity index (χ1n) is 6.83. The van der Waals surface area contributed by atoms with Crippen molar-refractivity contribution in [2.75, 3.05) is 7.11 Å². The highest BCUT2D eigenvalue weighted by Gasteiger charge is 2.44. The van der Waals surface area contributed by atoms with Gasteiger partial charge in [-0.25, -0.2) is 0 Å². The zero-order valence-corrected chi connectivity index (χ0v) is 11.7. The van der Waals surface area contributed by atoms with Crippen LogP contribution >= 0.6 is 0 Å².